The summed E-state index contributed by atoms with van der Waals surface area (Å²) in [4.78, 5) is 4.41. The number of rotatable bonds is 10. The van der Waals surface area contributed by atoms with E-state index in [1.807, 2.05) is 19.5 Å². The molecule has 132 valence electrons. The molecule has 4 nitrogen and oxygen atoms in total. The van der Waals surface area contributed by atoms with E-state index in [1.54, 1.807) is 7.11 Å². The fourth-order valence-electron chi connectivity index (χ4n) is 2.26. The first-order valence-electron chi connectivity index (χ1n) is 8.52. The maximum absolute atomic E-state index is 5.15. The Morgan fingerprint density at radius 1 is 1.38 bits per heavy atom. The third-order valence-electron chi connectivity index (χ3n) is 3.61. The van der Waals surface area contributed by atoms with Crippen LogP contribution >= 0.6 is 0 Å². The summed E-state index contributed by atoms with van der Waals surface area (Å²) in [5.74, 6) is 0. The Morgan fingerprint density at radius 3 is 2.83 bits per heavy atom. The van der Waals surface area contributed by atoms with E-state index < -0.39 is 0 Å². The minimum atomic E-state index is 0.269. The van der Waals surface area contributed by atoms with Gasteiger partial charge in [0.15, 0.2) is 0 Å². The van der Waals surface area contributed by atoms with Crippen molar-refractivity contribution < 1.29 is 4.74 Å². The molecule has 0 aliphatic heterocycles. The molecular weight excluding hydrogens is 298 g/mol. The van der Waals surface area contributed by atoms with Crippen LogP contribution in [0.2, 0.25) is 0 Å². The second-order valence-corrected chi connectivity index (χ2v) is 5.81. The highest BCUT2D eigenvalue weighted by Gasteiger charge is 2.04. The molecule has 0 saturated heterocycles. The van der Waals surface area contributed by atoms with Gasteiger partial charge >= 0.3 is 0 Å². The van der Waals surface area contributed by atoms with Gasteiger partial charge in [0.25, 0.3) is 0 Å². The number of aryl methyl sites for hydroxylation is 1. The average Bonchev–Trinajstić information content (AvgIpc) is 2.58. The van der Waals surface area contributed by atoms with Crippen molar-refractivity contribution >= 4 is 17.5 Å². The molecule has 4 heteroatoms. The highest BCUT2D eigenvalue weighted by molar-refractivity contribution is 5.90. The molecule has 0 radical (unpaired) electrons. The molecule has 0 aliphatic rings. The third kappa shape index (κ3) is 7.01. The number of aliphatic imine (C=N–C) groups is 1. The van der Waals surface area contributed by atoms with E-state index in [9.17, 15) is 0 Å². The first kappa shape index (κ1) is 20.0. The van der Waals surface area contributed by atoms with Crippen molar-refractivity contribution in [2.45, 2.75) is 33.2 Å². The van der Waals surface area contributed by atoms with Gasteiger partial charge in [0.2, 0.25) is 0 Å². The van der Waals surface area contributed by atoms with Crippen LogP contribution < -0.4 is 10.6 Å². The highest BCUT2D eigenvalue weighted by atomic mass is 16.5. The molecule has 0 unspecified atom stereocenters. The zero-order chi connectivity index (χ0) is 17.8. The van der Waals surface area contributed by atoms with Gasteiger partial charge in [-0.3, -0.25) is 4.99 Å². The molecule has 1 aromatic rings. The molecule has 0 amide bonds. The van der Waals surface area contributed by atoms with Crippen LogP contribution in [0.25, 0.3) is 5.57 Å². The van der Waals surface area contributed by atoms with Crippen molar-refractivity contribution in [3.05, 3.63) is 47.7 Å². The van der Waals surface area contributed by atoms with Gasteiger partial charge < -0.3 is 15.4 Å². The number of anilines is 1. The monoisotopic (exact) mass is 329 g/mol. The number of ether oxygens (including phenoxy) is 1. The summed E-state index contributed by atoms with van der Waals surface area (Å²) in [5, 5.41) is 6.53. The van der Waals surface area contributed by atoms with Crippen LogP contribution in [0, 0.1) is 6.92 Å². The van der Waals surface area contributed by atoms with Gasteiger partial charge in [-0.1, -0.05) is 13.0 Å². The molecule has 0 aliphatic carbocycles. The van der Waals surface area contributed by atoms with Crippen LogP contribution in [-0.2, 0) is 4.74 Å². The number of methoxy groups -OCH3 is 1. The predicted molar refractivity (Wildman–Crippen MR) is 106 cm³/mol. The number of nitrogens with one attached hydrogen (secondary N) is 2. The lowest BCUT2D eigenvalue weighted by Crippen LogP contribution is -2.25. The topological polar surface area (TPSA) is 45.7 Å². The number of hydrogen-bond acceptors (Lipinski definition) is 4. The van der Waals surface area contributed by atoms with Crippen molar-refractivity contribution in [3.63, 3.8) is 0 Å². The summed E-state index contributed by atoms with van der Waals surface area (Å²) in [6.07, 6.45) is 9.09. The van der Waals surface area contributed by atoms with Crippen LogP contribution in [0.4, 0.5) is 5.69 Å². The van der Waals surface area contributed by atoms with E-state index in [1.165, 1.54) is 11.1 Å². The second kappa shape index (κ2) is 11.5. The predicted octanol–water partition coefficient (Wildman–Crippen LogP) is 4.04. The van der Waals surface area contributed by atoms with Gasteiger partial charge in [-0.2, -0.15) is 0 Å². The highest BCUT2D eigenvalue weighted by Crippen LogP contribution is 2.23. The third-order valence-corrected chi connectivity index (χ3v) is 3.61. The van der Waals surface area contributed by atoms with E-state index in [-0.39, 0.29) is 6.04 Å². The Labute approximate surface area is 146 Å². The average molecular weight is 329 g/mol. The SMILES string of the molecule is CCCN=C/C=C(\C=C\N[C@H](C)COC)c1cc(NC)ccc1C. The van der Waals surface area contributed by atoms with Gasteiger partial charge in [-0.05, 0) is 67.5 Å². The largest absolute Gasteiger partial charge is 0.388 e. The lowest BCUT2D eigenvalue weighted by molar-refractivity contribution is 0.177. The van der Waals surface area contributed by atoms with Crippen LogP contribution in [0.1, 0.15) is 31.4 Å². The molecule has 0 heterocycles. The van der Waals surface area contributed by atoms with Gasteiger partial charge in [0, 0.05) is 38.6 Å². The van der Waals surface area contributed by atoms with E-state index in [4.69, 9.17) is 4.74 Å². The van der Waals surface area contributed by atoms with Gasteiger partial charge in [-0.15, -0.1) is 0 Å². The molecule has 1 aromatic carbocycles. The Kier molecular flexibility index (Phi) is 9.54. The first-order chi connectivity index (χ1) is 11.6. The Bertz CT molecular complexity index is 576. The van der Waals surface area contributed by atoms with Crippen LogP contribution in [-0.4, -0.2) is 39.6 Å². The van der Waals surface area contributed by atoms with Crippen LogP contribution in [0.5, 0.6) is 0 Å². The molecule has 1 rings (SSSR count). The summed E-state index contributed by atoms with van der Waals surface area (Å²) < 4.78 is 5.15. The molecule has 0 bridgehead atoms. The van der Waals surface area contributed by atoms with Crippen LogP contribution in [0.15, 0.2) is 41.5 Å². The summed E-state index contributed by atoms with van der Waals surface area (Å²) in [6.45, 7) is 7.87. The fraction of sp³-hybridized carbons (Fsp3) is 0.450. The zero-order valence-electron chi connectivity index (χ0n) is 15.6. The summed E-state index contributed by atoms with van der Waals surface area (Å²) in [7, 11) is 3.65. The molecule has 0 aromatic heterocycles. The number of benzene rings is 1. The quantitative estimate of drug-likeness (QED) is 0.503. The smallest absolute Gasteiger partial charge is 0.0661 e. The second-order valence-electron chi connectivity index (χ2n) is 5.81. The molecular formula is C20H31N3O. The molecule has 0 saturated carbocycles. The minimum Gasteiger partial charge on any atom is -0.388 e. The van der Waals surface area contributed by atoms with Crippen molar-refractivity contribution in [1.29, 1.82) is 0 Å². The summed E-state index contributed by atoms with van der Waals surface area (Å²) in [5.41, 5.74) is 4.66. The summed E-state index contributed by atoms with van der Waals surface area (Å²) >= 11 is 0. The molecule has 0 fully saturated rings. The van der Waals surface area contributed by atoms with Crippen molar-refractivity contribution in [2.75, 3.05) is 32.6 Å². The Balaban J connectivity index is 3.03. The standard InChI is InChI=1S/C20H31N3O/c1-6-11-22-12-9-18(10-13-23-17(3)15-24-5)20-14-19(21-4)8-7-16(20)2/h7-10,12-14,17,21,23H,6,11,15H2,1-5H3/b13-10+,18-9+,22-12?/t17-/m1/s1. The van der Waals surface area contributed by atoms with E-state index in [0.717, 1.165) is 24.2 Å². The lowest BCUT2D eigenvalue weighted by atomic mass is 9.99. The minimum absolute atomic E-state index is 0.269. The Morgan fingerprint density at radius 2 is 2.17 bits per heavy atom. The van der Waals surface area contributed by atoms with E-state index in [0.29, 0.717) is 6.61 Å². The van der Waals surface area contributed by atoms with Gasteiger partial charge in [-0.25, -0.2) is 0 Å². The van der Waals surface area contributed by atoms with Crippen molar-refractivity contribution in [2.24, 2.45) is 4.99 Å². The first-order valence-corrected chi connectivity index (χ1v) is 8.52. The fourth-order valence-corrected chi connectivity index (χ4v) is 2.26. The lowest BCUT2D eigenvalue weighted by Gasteiger charge is -2.12. The maximum atomic E-state index is 5.15. The molecule has 2 N–H and O–H groups in total. The normalized spacial score (nSPS) is 13.6. The van der Waals surface area contributed by atoms with Crippen molar-refractivity contribution in [1.82, 2.24) is 5.32 Å². The summed E-state index contributed by atoms with van der Waals surface area (Å²) in [6, 6.07) is 6.65. The number of allylic oxidation sites excluding steroid dienone is 3. The van der Waals surface area contributed by atoms with Gasteiger partial charge in [0.05, 0.1) is 6.61 Å². The van der Waals surface area contributed by atoms with Crippen LogP contribution in [0.3, 0.4) is 0 Å². The maximum Gasteiger partial charge on any atom is 0.0661 e. The Hall–Kier alpha value is -2.07. The molecule has 0 spiro atoms. The molecule has 1 atom stereocenters. The zero-order valence-corrected chi connectivity index (χ0v) is 15.6. The number of hydrogen-bond donors (Lipinski definition) is 2. The molecule has 24 heavy (non-hydrogen) atoms. The van der Waals surface area contributed by atoms with Gasteiger partial charge in [0.1, 0.15) is 0 Å². The number of nitrogens with zero attached hydrogens (tertiary/aromatic N) is 1. The van der Waals surface area contributed by atoms with Crippen molar-refractivity contribution in [3.8, 4) is 0 Å². The van der Waals surface area contributed by atoms with E-state index in [2.05, 4.69) is 66.7 Å². The van der Waals surface area contributed by atoms with E-state index >= 15 is 0 Å².